The third kappa shape index (κ3) is 4.31. The molecule has 0 aliphatic carbocycles. The maximum Gasteiger partial charge on any atom is 0.279 e. The largest absolute Gasteiger partial charge is 0.497 e. The number of ether oxygens (including phenoxy) is 1. The van der Waals surface area contributed by atoms with Gasteiger partial charge in [0.15, 0.2) is 10.6 Å². The maximum absolute atomic E-state index is 12.6. The summed E-state index contributed by atoms with van der Waals surface area (Å²) in [7, 11) is 1.64. The molecule has 1 aromatic heterocycles. The summed E-state index contributed by atoms with van der Waals surface area (Å²) in [4.78, 5) is 29.0. The monoisotopic (exact) mass is 400 g/mol. The van der Waals surface area contributed by atoms with Crippen molar-refractivity contribution >= 4 is 45.0 Å². The van der Waals surface area contributed by atoms with Crippen LogP contribution in [0.3, 0.4) is 0 Å². The van der Waals surface area contributed by atoms with Crippen molar-refractivity contribution < 1.29 is 14.3 Å². The Kier molecular flexibility index (Phi) is 6.13. The van der Waals surface area contributed by atoms with E-state index in [1.165, 1.54) is 18.3 Å². The average molecular weight is 401 g/mol. The number of amides is 1. The van der Waals surface area contributed by atoms with Gasteiger partial charge in [-0.05, 0) is 37.4 Å². The highest BCUT2D eigenvalue weighted by molar-refractivity contribution is 7.98. The van der Waals surface area contributed by atoms with Gasteiger partial charge in [0.05, 0.1) is 17.3 Å². The first-order valence-corrected chi connectivity index (χ1v) is 10.6. The molecule has 0 saturated heterocycles. The van der Waals surface area contributed by atoms with Crippen LogP contribution in [0, 0.1) is 0 Å². The van der Waals surface area contributed by atoms with Crippen molar-refractivity contribution in [3.63, 3.8) is 0 Å². The van der Waals surface area contributed by atoms with Crippen molar-refractivity contribution in [3.8, 4) is 5.75 Å². The number of methoxy groups -OCH3 is 1. The number of Topliss-reactive ketones (excluding diaryl/α,β-unsaturated/α-hetero) is 1. The Balaban J connectivity index is 2.05. The van der Waals surface area contributed by atoms with Crippen LogP contribution >= 0.6 is 23.1 Å². The average Bonchev–Trinajstić information content (AvgIpc) is 3.02. The highest BCUT2D eigenvalue weighted by Crippen LogP contribution is 2.23. The molecule has 1 amide bonds. The second-order valence-corrected chi connectivity index (χ2v) is 7.91. The van der Waals surface area contributed by atoms with Gasteiger partial charge in [0, 0.05) is 29.5 Å². The SMILES string of the molecule is COc1ccc2sc(=NC(=O)c3ccc(C(C)=O)cc3)n(CCSC)c2c1. The summed E-state index contributed by atoms with van der Waals surface area (Å²) in [5, 5.41) is 0. The fourth-order valence-electron chi connectivity index (χ4n) is 2.66. The van der Waals surface area contributed by atoms with Crippen LogP contribution in [0.4, 0.5) is 0 Å². The van der Waals surface area contributed by atoms with E-state index in [1.807, 2.05) is 24.5 Å². The van der Waals surface area contributed by atoms with Gasteiger partial charge in [-0.15, -0.1) is 0 Å². The molecule has 1 heterocycles. The summed E-state index contributed by atoms with van der Waals surface area (Å²) in [5.74, 6) is 1.34. The number of fused-ring (bicyclic) bond motifs is 1. The van der Waals surface area contributed by atoms with E-state index in [4.69, 9.17) is 4.74 Å². The Morgan fingerprint density at radius 1 is 1.15 bits per heavy atom. The van der Waals surface area contributed by atoms with Crippen molar-refractivity contribution in [1.29, 1.82) is 0 Å². The van der Waals surface area contributed by atoms with Crippen LogP contribution < -0.4 is 9.54 Å². The van der Waals surface area contributed by atoms with Crippen LogP contribution in [-0.4, -0.2) is 35.4 Å². The highest BCUT2D eigenvalue weighted by atomic mass is 32.2. The number of benzene rings is 2. The predicted octanol–water partition coefficient (Wildman–Crippen LogP) is 4.02. The van der Waals surface area contributed by atoms with Gasteiger partial charge in [0.25, 0.3) is 5.91 Å². The first-order valence-electron chi connectivity index (χ1n) is 8.40. The quantitative estimate of drug-likeness (QED) is 0.587. The first kappa shape index (κ1) is 19.4. The van der Waals surface area contributed by atoms with Gasteiger partial charge in [-0.1, -0.05) is 23.5 Å². The van der Waals surface area contributed by atoms with Gasteiger partial charge in [0.2, 0.25) is 0 Å². The Morgan fingerprint density at radius 3 is 2.48 bits per heavy atom. The molecule has 3 aromatic rings. The van der Waals surface area contributed by atoms with E-state index in [9.17, 15) is 9.59 Å². The zero-order valence-corrected chi connectivity index (χ0v) is 17.0. The number of nitrogens with zero attached hydrogens (tertiary/aromatic N) is 2. The molecule has 0 saturated carbocycles. The molecule has 0 radical (unpaired) electrons. The normalized spacial score (nSPS) is 11.7. The zero-order valence-electron chi connectivity index (χ0n) is 15.4. The van der Waals surface area contributed by atoms with Crippen molar-refractivity contribution in [2.24, 2.45) is 4.99 Å². The van der Waals surface area contributed by atoms with Gasteiger partial charge >= 0.3 is 0 Å². The van der Waals surface area contributed by atoms with E-state index < -0.39 is 0 Å². The summed E-state index contributed by atoms with van der Waals surface area (Å²) in [5.41, 5.74) is 2.05. The smallest absolute Gasteiger partial charge is 0.279 e. The lowest BCUT2D eigenvalue weighted by Gasteiger charge is -2.05. The minimum Gasteiger partial charge on any atom is -0.497 e. The van der Waals surface area contributed by atoms with E-state index >= 15 is 0 Å². The van der Waals surface area contributed by atoms with E-state index in [1.54, 1.807) is 43.1 Å². The third-order valence-corrected chi connectivity index (χ3v) is 5.79. The molecular formula is C20H20N2O3S2. The van der Waals surface area contributed by atoms with E-state index in [2.05, 4.69) is 9.56 Å². The lowest BCUT2D eigenvalue weighted by Crippen LogP contribution is -2.18. The third-order valence-electron chi connectivity index (χ3n) is 4.14. The molecule has 0 atom stereocenters. The molecule has 7 heteroatoms. The number of thiazole rings is 1. The van der Waals surface area contributed by atoms with Gasteiger partial charge in [-0.2, -0.15) is 16.8 Å². The van der Waals surface area contributed by atoms with E-state index in [-0.39, 0.29) is 11.7 Å². The van der Waals surface area contributed by atoms with Crippen molar-refractivity contribution in [2.45, 2.75) is 13.5 Å². The predicted molar refractivity (Wildman–Crippen MR) is 111 cm³/mol. The number of carbonyl (C=O) groups excluding carboxylic acids is 2. The molecule has 0 spiro atoms. The number of aromatic nitrogens is 1. The van der Waals surface area contributed by atoms with Gasteiger partial charge in [-0.3, -0.25) is 9.59 Å². The Morgan fingerprint density at radius 2 is 1.85 bits per heavy atom. The molecule has 0 aliphatic rings. The summed E-state index contributed by atoms with van der Waals surface area (Å²) in [6, 6.07) is 12.5. The van der Waals surface area contributed by atoms with Crippen molar-refractivity contribution in [2.75, 3.05) is 19.1 Å². The lowest BCUT2D eigenvalue weighted by molar-refractivity contribution is 0.0991. The molecule has 0 bridgehead atoms. The molecule has 3 rings (SSSR count). The summed E-state index contributed by atoms with van der Waals surface area (Å²) >= 11 is 3.22. The molecule has 0 unspecified atom stereocenters. The molecule has 140 valence electrons. The second-order valence-electron chi connectivity index (χ2n) is 5.91. The molecule has 0 N–H and O–H groups in total. The van der Waals surface area contributed by atoms with E-state index in [0.29, 0.717) is 15.9 Å². The molecule has 0 aliphatic heterocycles. The second kappa shape index (κ2) is 8.54. The molecule has 5 nitrogen and oxygen atoms in total. The minimum atomic E-state index is -0.318. The first-order chi connectivity index (χ1) is 13.0. The van der Waals surface area contributed by atoms with Gasteiger partial charge in [-0.25, -0.2) is 0 Å². The van der Waals surface area contributed by atoms with Gasteiger partial charge in [0.1, 0.15) is 5.75 Å². The van der Waals surface area contributed by atoms with Crippen LogP contribution in [0.5, 0.6) is 5.75 Å². The number of rotatable bonds is 6. The van der Waals surface area contributed by atoms with Gasteiger partial charge < -0.3 is 9.30 Å². The molecule has 2 aromatic carbocycles. The highest BCUT2D eigenvalue weighted by Gasteiger charge is 2.11. The molecule has 27 heavy (non-hydrogen) atoms. The summed E-state index contributed by atoms with van der Waals surface area (Å²) in [6.07, 6.45) is 2.05. The number of carbonyl (C=O) groups is 2. The summed E-state index contributed by atoms with van der Waals surface area (Å²) < 4.78 is 8.44. The lowest BCUT2D eigenvalue weighted by atomic mass is 10.1. The van der Waals surface area contributed by atoms with Crippen molar-refractivity contribution in [1.82, 2.24) is 4.57 Å². The van der Waals surface area contributed by atoms with Crippen LogP contribution in [-0.2, 0) is 6.54 Å². The Hall–Kier alpha value is -2.38. The number of hydrogen-bond acceptors (Lipinski definition) is 5. The minimum absolute atomic E-state index is 0.0284. The molecular weight excluding hydrogens is 380 g/mol. The Bertz CT molecular complexity index is 1050. The molecule has 0 fully saturated rings. The maximum atomic E-state index is 12.6. The number of ketones is 1. The van der Waals surface area contributed by atoms with Crippen LogP contribution in [0.2, 0.25) is 0 Å². The number of thioether (sulfide) groups is 1. The van der Waals surface area contributed by atoms with Crippen molar-refractivity contribution in [3.05, 3.63) is 58.4 Å². The topological polar surface area (TPSA) is 60.7 Å². The summed E-state index contributed by atoms with van der Waals surface area (Å²) in [6.45, 7) is 2.26. The van der Waals surface area contributed by atoms with Crippen LogP contribution in [0.15, 0.2) is 47.5 Å². The van der Waals surface area contributed by atoms with E-state index in [0.717, 1.165) is 28.3 Å². The fourth-order valence-corrected chi connectivity index (χ4v) is 4.06. The van der Waals surface area contributed by atoms with Crippen LogP contribution in [0.1, 0.15) is 27.6 Å². The fraction of sp³-hybridized carbons (Fsp3) is 0.250. The number of aryl methyl sites for hydroxylation is 1. The van der Waals surface area contributed by atoms with Crippen LogP contribution in [0.25, 0.3) is 10.2 Å². The zero-order chi connectivity index (χ0) is 19.4. The number of hydrogen-bond donors (Lipinski definition) is 0. The standard InChI is InChI=1S/C20H20N2O3S2/c1-13(23)14-4-6-15(7-5-14)19(24)21-20-22(10-11-26-3)17-12-16(25-2)8-9-18(17)27-20/h4-9,12H,10-11H2,1-3H3. The Labute approximate surface area is 165 Å².